The molecule has 1 aliphatic rings. The number of hydrogen-bond donors (Lipinski definition) is 1. The number of aromatic amines is 1. The number of hydrogen-bond acceptors (Lipinski definition) is 2. The Morgan fingerprint density at radius 1 is 1.13 bits per heavy atom. The van der Waals surface area contributed by atoms with Crippen molar-refractivity contribution in [3.63, 3.8) is 0 Å². The second-order valence-corrected chi connectivity index (χ2v) is 8.08. The molecule has 0 atom stereocenters. The Kier molecular flexibility index (Phi) is 4.66. The molecular weight excluding hydrogens is 372 g/mol. The first-order chi connectivity index (χ1) is 14.7. The van der Waals surface area contributed by atoms with E-state index in [1.807, 2.05) is 24.0 Å². The van der Waals surface area contributed by atoms with Crippen LogP contribution in [0.15, 0.2) is 54.7 Å². The van der Waals surface area contributed by atoms with Gasteiger partial charge in [-0.1, -0.05) is 31.2 Å². The van der Waals surface area contributed by atoms with Crippen LogP contribution in [-0.2, 0) is 25.8 Å². The van der Waals surface area contributed by atoms with E-state index in [0.29, 0.717) is 12.2 Å². The lowest BCUT2D eigenvalue weighted by atomic mass is 10.1. The third-order valence-corrected chi connectivity index (χ3v) is 6.16. The molecule has 2 heterocycles. The number of carbonyl (C=O) groups is 1. The Hall–Kier alpha value is -3.34. The SMILES string of the molecule is CCc1ccc(-n2nc(C(=O)N(C)Cc3cccc4[nH]ccc34)c3c2CCC3)cc1. The fourth-order valence-corrected chi connectivity index (χ4v) is 4.49. The summed E-state index contributed by atoms with van der Waals surface area (Å²) in [6.07, 6.45) is 5.92. The number of benzene rings is 2. The summed E-state index contributed by atoms with van der Waals surface area (Å²) < 4.78 is 1.98. The van der Waals surface area contributed by atoms with Crippen LogP contribution in [0, 0.1) is 0 Å². The van der Waals surface area contributed by atoms with Gasteiger partial charge in [-0.25, -0.2) is 4.68 Å². The van der Waals surface area contributed by atoms with Gasteiger partial charge in [0.25, 0.3) is 5.91 Å². The number of nitrogens with zero attached hydrogens (tertiary/aromatic N) is 3. The maximum Gasteiger partial charge on any atom is 0.274 e. The molecule has 0 unspecified atom stereocenters. The van der Waals surface area contributed by atoms with Gasteiger partial charge in [0, 0.05) is 41.9 Å². The van der Waals surface area contributed by atoms with Crippen molar-refractivity contribution < 1.29 is 4.79 Å². The number of nitrogens with one attached hydrogen (secondary N) is 1. The van der Waals surface area contributed by atoms with E-state index in [9.17, 15) is 4.79 Å². The van der Waals surface area contributed by atoms with Gasteiger partial charge in [-0.3, -0.25) is 4.79 Å². The van der Waals surface area contributed by atoms with E-state index in [2.05, 4.69) is 54.4 Å². The smallest absolute Gasteiger partial charge is 0.274 e. The molecule has 5 nitrogen and oxygen atoms in total. The standard InChI is InChI=1S/C25H26N4O/c1-3-17-10-12-19(13-11-17)29-23-9-5-7-21(23)24(27-29)25(30)28(2)16-18-6-4-8-22-20(18)14-15-26-22/h4,6,8,10-15,26H,3,5,7,9,16H2,1-2H3. The molecule has 2 aromatic heterocycles. The van der Waals surface area contributed by atoms with Crippen LogP contribution in [-0.4, -0.2) is 32.6 Å². The Bertz CT molecular complexity index is 1220. The molecule has 30 heavy (non-hydrogen) atoms. The van der Waals surface area contributed by atoms with Crippen molar-refractivity contribution in [2.45, 2.75) is 39.2 Å². The molecule has 0 saturated carbocycles. The molecule has 0 spiro atoms. The van der Waals surface area contributed by atoms with Crippen molar-refractivity contribution in [1.29, 1.82) is 0 Å². The molecule has 5 heteroatoms. The van der Waals surface area contributed by atoms with Gasteiger partial charge in [0.1, 0.15) is 0 Å². The largest absolute Gasteiger partial charge is 0.361 e. The fraction of sp³-hybridized carbons (Fsp3) is 0.280. The summed E-state index contributed by atoms with van der Waals surface area (Å²) in [5, 5.41) is 5.95. The first kappa shape index (κ1) is 18.7. The summed E-state index contributed by atoms with van der Waals surface area (Å²) in [4.78, 5) is 18.4. The zero-order chi connectivity index (χ0) is 20.7. The minimum absolute atomic E-state index is 0.00961. The molecule has 2 aromatic carbocycles. The van der Waals surface area contributed by atoms with E-state index >= 15 is 0 Å². The summed E-state index contributed by atoms with van der Waals surface area (Å²) in [5.74, 6) is -0.00961. The van der Waals surface area contributed by atoms with Crippen molar-refractivity contribution in [3.8, 4) is 5.69 Å². The normalized spacial score (nSPS) is 13.0. The highest BCUT2D eigenvalue weighted by Gasteiger charge is 2.28. The van der Waals surface area contributed by atoms with Gasteiger partial charge >= 0.3 is 0 Å². The summed E-state index contributed by atoms with van der Waals surface area (Å²) in [6, 6.07) is 16.7. The van der Waals surface area contributed by atoms with Gasteiger partial charge in [0.2, 0.25) is 0 Å². The molecule has 0 fully saturated rings. The highest BCUT2D eigenvalue weighted by molar-refractivity contribution is 5.94. The van der Waals surface area contributed by atoms with Crippen molar-refractivity contribution in [2.75, 3.05) is 7.05 Å². The molecular formula is C25H26N4O. The topological polar surface area (TPSA) is 53.9 Å². The molecule has 1 amide bonds. The molecule has 0 bridgehead atoms. The van der Waals surface area contributed by atoms with E-state index < -0.39 is 0 Å². The van der Waals surface area contributed by atoms with Crippen molar-refractivity contribution >= 4 is 16.8 Å². The highest BCUT2D eigenvalue weighted by Crippen LogP contribution is 2.29. The lowest BCUT2D eigenvalue weighted by Crippen LogP contribution is -2.27. The predicted octanol–water partition coefficient (Wildman–Crippen LogP) is 4.68. The molecule has 5 rings (SSSR count). The van der Waals surface area contributed by atoms with Crippen LogP contribution in [0.1, 0.15) is 46.2 Å². The van der Waals surface area contributed by atoms with E-state index in [4.69, 9.17) is 5.10 Å². The Morgan fingerprint density at radius 3 is 2.77 bits per heavy atom. The lowest BCUT2D eigenvalue weighted by molar-refractivity contribution is 0.0778. The van der Waals surface area contributed by atoms with E-state index in [1.54, 1.807) is 4.90 Å². The second kappa shape index (κ2) is 7.48. The third-order valence-electron chi connectivity index (χ3n) is 6.16. The first-order valence-corrected chi connectivity index (χ1v) is 10.7. The zero-order valence-electron chi connectivity index (χ0n) is 17.5. The van der Waals surface area contributed by atoms with E-state index in [1.165, 1.54) is 11.3 Å². The molecule has 1 aliphatic carbocycles. The number of carbonyl (C=O) groups excluding carboxylic acids is 1. The van der Waals surface area contributed by atoms with Crippen molar-refractivity contribution in [2.24, 2.45) is 0 Å². The number of rotatable bonds is 5. The van der Waals surface area contributed by atoms with Crippen molar-refractivity contribution in [1.82, 2.24) is 19.7 Å². The predicted molar refractivity (Wildman–Crippen MR) is 119 cm³/mol. The quantitative estimate of drug-likeness (QED) is 0.531. The molecule has 1 N–H and O–H groups in total. The Morgan fingerprint density at radius 2 is 1.97 bits per heavy atom. The number of aryl methyl sites for hydroxylation is 1. The number of fused-ring (bicyclic) bond motifs is 2. The van der Waals surface area contributed by atoms with Crippen LogP contribution in [0.2, 0.25) is 0 Å². The van der Waals surface area contributed by atoms with Crippen LogP contribution in [0.25, 0.3) is 16.6 Å². The highest BCUT2D eigenvalue weighted by atomic mass is 16.2. The van der Waals surface area contributed by atoms with Crippen LogP contribution in [0.4, 0.5) is 0 Å². The van der Waals surface area contributed by atoms with E-state index in [0.717, 1.165) is 53.4 Å². The minimum atomic E-state index is -0.00961. The van der Waals surface area contributed by atoms with Crippen molar-refractivity contribution in [3.05, 3.63) is 82.8 Å². The molecule has 0 saturated heterocycles. The van der Waals surface area contributed by atoms with Crippen LogP contribution < -0.4 is 0 Å². The average Bonchev–Trinajstić information content (AvgIpc) is 3.50. The van der Waals surface area contributed by atoms with Gasteiger partial charge in [-0.2, -0.15) is 5.10 Å². The zero-order valence-corrected chi connectivity index (χ0v) is 17.5. The summed E-state index contributed by atoms with van der Waals surface area (Å²) in [5.41, 5.74) is 7.47. The Balaban J connectivity index is 1.46. The van der Waals surface area contributed by atoms with Gasteiger partial charge in [0.15, 0.2) is 5.69 Å². The first-order valence-electron chi connectivity index (χ1n) is 10.7. The third kappa shape index (κ3) is 3.11. The summed E-state index contributed by atoms with van der Waals surface area (Å²) in [6.45, 7) is 2.71. The number of aromatic nitrogens is 3. The van der Waals surface area contributed by atoms with Gasteiger partial charge < -0.3 is 9.88 Å². The van der Waals surface area contributed by atoms with Gasteiger partial charge in [-0.15, -0.1) is 0 Å². The van der Waals surface area contributed by atoms with Crippen LogP contribution >= 0.6 is 0 Å². The fourth-order valence-electron chi connectivity index (χ4n) is 4.49. The lowest BCUT2D eigenvalue weighted by Gasteiger charge is -2.17. The number of H-pyrrole nitrogens is 1. The second-order valence-electron chi connectivity index (χ2n) is 8.08. The average molecular weight is 399 g/mol. The maximum absolute atomic E-state index is 13.4. The maximum atomic E-state index is 13.4. The van der Waals surface area contributed by atoms with Crippen LogP contribution in [0.5, 0.6) is 0 Å². The molecule has 152 valence electrons. The van der Waals surface area contributed by atoms with Gasteiger partial charge in [0.05, 0.1) is 5.69 Å². The molecule has 0 radical (unpaired) electrons. The summed E-state index contributed by atoms with van der Waals surface area (Å²) in [7, 11) is 1.87. The summed E-state index contributed by atoms with van der Waals surface area (Å²) >= 11 is 0. The number of amides is 1. The van der Waals surface area contributed by atoms with Crippen LogP contribution in [0.3, 0.4) is 0 Å². The Labute approximate surface area is 176 Å². The monoisotopic (exact) mass is 398 g/mol. The molecule has 0 aliphatic heterocycles. The molecule has 4 aromatic rings. The van der Waals surface area contributed by atoms with E-state index in [-0.39, 0.29) is 5.91 Å². The van der Waals surface area contributed by atoms with Gasteiger partial charge in [-0.05, 0) is 61.1 Å². The minimum Gasteiger partial charge on any atom is -0.361 e.